The van der Waals surface area contributed by atoms with E-state index >= 15 is 0 Å². The van der Waals surface area contributed by atoms with Crippen LogP contribution in [0.25, 0.3) is 11.1 Å². The molecule has 2 aromatic rings. The maximum atomic E-state index is 8.88. The minimum Gasteiger partial charge on any atom is -0.494 e. The van der Waals surface area contributed by atoms with Crippen LogP contribution in [0.3, 0.4) is 0 Å². The second kappa shape index (κ2) is 6.95. The van der Waals surface area contributed by atoms with Crippen LogP contribution in [0.5, 0.6) is 5.75 Å². The summed E-state index contributed by atoms with van der Waals surface area (Å²) in [6, 6.07) is 8.01. The molecule has 0 saturated heterocycles. The quantitative estimate of drug-likeness (QED) is 0.779. The molecule has 4 heteroatoms. The van der Waals surface area contributed by atoms with Crippen molar-refractivity contribution in [2.45, 2.75) is 26.3 Å². The largest absolute Gasteiger partial charge is 0.494 e. The van der Waals surface area contributed by atoms with Crippen LogP contribution in [-0.2, 0) is 6.54 Å². The molecule has 0 unspecified atom stereocenters. The van der Waals surface area contributed by atoms with Gasteiger partial charge in [-0.1, -0.05) is 25.5 Å². The van der Waals surface area contributed by atoms with E-state index in [-0.39, 0.29) is 6.61 Å². The van der Waals surface area contributed by atoms with Gasteiger partial charge in [-0.15, -0.1) is 0 Å². The molecule has 0 atom stereocenters. The second-order valence-electron chi connectivity index (χ2n) is 4.45. The topological polar surface area (TPSA) is 47.3 Å². The van der Waals surface area contributed by atoms with Crippen LogP contribution in [0.4, 0.5) is 0 Å². The zero-order valence-corrected chi connectivity index (χ0v) is 11.2. The Hall–Kier alpha value is -1.81. The van der Waals surface area contributed by atoms with Crippen molar-refractivity contribution < 1.29 is 9.84 Å². The minimum atomic E-state index is 0.0985. The molecule has 0 amide bonds. The molecule has 2 rings (SSSR count). The van der Waals surface area contributed by atoms with Gasteiger partial charge in [-0.25, -0.2) is 0 Å². The van der Waals surface area contributed by atoms with Crippen molar-refractivity contribution in [3.05, 3.63) is 36.7 Å². The van der Waals surface area contributed by atoms with Gasteiger partial charge in [0.2, 0.25) is 0 Å². The molecule has 1 N–H and O–H groups in total. The number of aliphatic hydroxyl groups excluding tert-OH is 1. The number of aromatic nitrogens is 2. The van der Waals surface area contributed by atoms with Gasteiger partial charge >= 0.3 is 0 Å². The SMILES string of the molecule is CCCCOc1cccc(-c2cnn(CCO)c2)c1. The Morgan fingerprint density at radius 2 is 2.21 bits per heavy atom. The maximum absolute atomic E-state index is 8.88. The number of hydrogen-bond acceptors (Lipinski definition) is 3. The third-order valence-corrected chi connectivity index (χ3v) is 2.90. The van der Waals surface area contributed by atoms with Gasteiger partial charge in [0.15, 0.2) is 0 Å². The number of unbranched alkanes of at least 4 members (excludes halogenated alkanes) is 1. The Labute approximate surface area is 113 Å². The molecule has 0 fully saturated rings. The first-order valence-corrected chi connectivity index (χ1v) is 6.70. The highest BCUT2D eigenvalue weighted by Gasteiger charge is 2.03. The number of hydrogen-bond donors (Lipinski definition) is 1. The van der Waals surface area contributed by atoms with E-state index in [1.165, 1.54) is 0 Å². The fourth-order valence-electron chi connectivity index (χ4n) is 1.84. The van der Waals surface area contributed by atoms with Crippen molar-refractivity contribution in [3.63, 3.8) is 0 Å². The van der Waals surface area contributed by atoms with E-state index < -0.39 is 0 Å². The van der Waals surface area contributed by atoms with Crippen LogP contribution >= 0.6 is 0 Å². The summed E-state index contributed by atoms with van der Waals surface area (Å²) in [5, 5.41) is 13.1. The summed E-state index contributed by atoms with van der Waals surface area (Å²) in [5.74, 6) is 0.890. The fourth-order valence-corrected chi connectivity index (χ4v) is 1.84. The van der Waals surface area contributed by atoms with Crippen molar-refractivity contribution >= 4 is 0 Å². The molecule has 0 radical (unpaired) electrons. The Morgan fingerprint density at radius 1 is 1.32 bits per heavy atom. The van der Waals surface area contributed by atoms with E-state index in [4.69, 9.17) is 9.84 Å². The van der Waals surface area contributed by atoms with E-state index in [0.29, 0.717) is 6.54 Å². The number of nitrogens with zero attached hydrogens (tertiary/aromatic N) is 2. The Bertz CT molecular complexity index is 508. The minimum absolute atomic E-state index is 0.0985. The van der Waals surface area contributed by atoms with E-state index in [9.17, 15) is 0 Å². The van der Waals surface area contributed by atoms with Crippen LogP contribution in [-0.4, -0.2) is 28.1 Å². The average Bonchev–Trinajstić information content (AvgIpc) is 2.89. The second-order valence-corrected chi connectivity index (χ2v) is 4.45. The van der Waals surface area contributed by atoms with Gasteiger partial charge in [0, 0.05) is 11.8 Å². The van der Waals surface area contributed by atoms with Crippen LogP contribution in [0.2, 0.25) is 0 Å². The molecule has 19 heavy (non-hydrogen) atoms. The standard InChI is InChI=1S/C15H20N2O2/c1-2-3-9-19-15-6-4-5-13(10-15)14-11-16-17(12-14)7-8-18/h4-6,10-12,18H,2-3,7-9H2,1H3. The lowest BCUT2D eigenvalue weighted by Crippen LogP contribution is -2.01. The molecule has 0 bridgehead atoms. The summed E-state index contributed by atoms with van der Waals surface area (Å²) in [7, 11) is 0. The van der Waals surface area contributed by atoms with Crippen LogP contribution in [0.15, 0.2) is 36.7 Å². The number of benzene rings is 1. The first-order chi connectivity index (χ1) is 9.33. The van der Waals surface area contributed by atoms with Crippen molar-refractivity contribution in [1.82, 2.24) is 9.78 Å². The zero-order valence-electron chi connectivity index (χ0n) is 11.2. The molecule has 0 aliphatic carbocycles. The van der Waals surface area contributed by atoms with Gasteiger partial charge < -0.3 is 9.84 Å². The first-order valence-electron chi connectivity index (χ1n) is 6.70. The molecular weight excluding hydrogens is 240 g/mol. The van der Waals surface area contributed by atoms with Crippen molar-refractivity contribution in [2.75, 3.05) is 13.2 Å². The smallest absolute Gasteiger partial charge is 0.119 e. The highest BCUT2D eigenvalue weighted by molar-refractivity contribution is 5.63. The highest BCUT2D eigenvalue weighted by Crippen LogP contribution is 2.23. The van der Waals surface area contributed by atoms with Crippen LogP contribution in [0.1, 0.15) is 19.8 Å². The van der Waals surface area contributed by atoms with E-state index in [1.54, 1.807) is 10.9 Å². The summed E-state index contributed by atoms with van der Waals surface area (Å²) in [6.07, 6.45) is 5.94. The summed E-state index contributed by atoms with van der Waals surface area (Å²) in [6.45, 7) is 3.52. The van der Waals surface area contributed by atoms with E-state index in [2.05, 4.69) is 12.0 Å². The molecule has 0 aliphatic heterocycles. The summed E-state index contributed by atoms with van der Waals surface area (Å²) >= 11 is 0. The maximum Gasteiger partial charge on any atom is 0.119 e. The van der Waals surface area contributed by atoms with Gasteiger partial charge in [-0.3, -0.25) is 4.68 Å². The molecule has 0 spiro atoms. The molecule has 0 saturated carbocycles. The number of rotatable bonds is 7. The lowest BCUT2D eigenvalue weighted by molar-refractivity contribution is 0.269. The molecule has 1 aromatic carbocycles. The summed E-state index contributed by atoms with van der Waals surface area (Å²) < 4.78 is 7.43. The predicted octanol–water partition coefficient (Wildman–Crippen LogP) is 2.72. The average molecular weight is 260 g/mol. The molecule has 1 heterocycles. The van der Waals surface area contributed by atoms with Crippen molar-refractivity contribution in [2.24, 2.45) is 0 Å². The lowest BCUT2D eigenvalue weighted by atomic mass is 10.1. The normalized spacial score (nSPS) is 10.6. The van der Waals surface area contributed by atoms with Gasteiger partial charge in [-0.2, -0.15) is 5.10 Å². The van der Waals surface area contributed by atoms with E-state index in [1.807, 2.05) is 30.5 Å². The number of aliphatic hydroxyl groups is 1. The molecule has 4 nitrogen and oxygen atoms in total. The summed E-state index contributed by atoms with van der Waals surface area (Å²) in [4.78, 5) is 0. The highest BCUT2D eigenvalue weighted by atomic mass is 16.5. The Balaban J connectivity index is 2.08. The molecular formula is C15H20N2O2. The third-order valence-electron chi connectivity index (χ3n) is 2.90. The van der Waals surface area contributed by atoms with Gasteiger partial charge in [0.1, 0.15) is 5.75 Å². The zero-order chi connectivity index (χ0) is 13.5. The van der Waals surface area contributed by atoms with Gasteiger partial charge in [0.05, 0.1) is 26.0 Å². The monoisotopic (exact) mass is 260 g/mol. The summed E-state index contributed by atoms with van der Waals surface area (Å²) in [5.41, 5.74) is 2.12. The van der Waals surface area contributed by atoms with Gasteiger partial charge in [0.25, 0.3) is 0 Å². The lowest BCUT2D eigenvalue weighted by Gasteiger charge is -2.06. The van der Waals surface area contributed by atoms with Crippen molar-refractivity contribution in [3.8, 4) is 16.9 Å². The Kier molecular flexibility index (Phi) is 4.98. The van der Waals surface area contributed by atoms with Crippen LogP contribution < -0.4 is 4.74 Å². The number of ether oxygens (including phenoxy) is 1. The first kappa shape index (κ1) is 13.6. The third kappa shape index (κ3) is 3.83. The van der Waals surface area contributed by atoms with Gasteiger partial charge in [-0.05, 0) is 24.1 Å². The molecule has 102 valence electrons. The molecule has 1 aromatic heterocycles. The predicted molar refractivity (Wildman–Crippen MR) is 75.2 cm³/mol. The molecule has 0 aliphatic rings. The van der Waals surface area contributed by atoms with Crippen LogP contribution in [0, 0.1) is 0 Å². The van der Waals surface area contributed by atoms with E-state index in [0.717, 1.165) is 36.3 Å². The fraction of sp³-hybridized carbons (Fsp3) is 0.400. The Morgan fingerprint density at radius 3 is 3.00 bits per heavy atom. The van der Waals surface area contributed by atoms with Crippen molar-refractivity contribution in [1.29, 1.82) is 0 Å².